The molecule has 1 heterocycles. The van der Waals surface area contributed by atoms with Gasteiger partial charge in [0.15, 0.2) is 0 Å². The highest BCUT2D eigenvalue weighted by Gasteiger charge is 2.44. The lowest BCUT2D eigenvalue weighted by molar-refractivity contribution is -0.125. The predicted octanol–water partition coefficient (Wildman–Crippen LogP) is 5.17. The van der Waals surface area contributed by atoms with Crippen LogP contribution in [0.5, 0.6) is 0 Å². The average Bonchev–Trinajstić information content (AvgIpc) is 2.81. The normalized spacial score (nSPS) is 15.7. The van der Waals surface area contributed by atoms with Crippen LogP contribution in [0.25, 0.3) is 0 Å². The maximum absolute atomic E-state index is 14.5. The lowest BCUT2D eigenvalue weighted by atomic mass is 9.92. The van der Waals surface area contributed by atoms with Crippen molar-refractivity contribution in [1.29, 1.82) is 0 Å². The summed E-state index contributed by atoms with van der Waals surface area (Å²) in [6.45, 7) is 18.8. The third kappa shape index (κ3) is 6.54. The maximum Gasteiger partial charge on any atom is 0.261 e. The summed E-state index contributed by atoms with van der Waals surface area (Å²) >= 11 is 0. The Morgan fingerprint density at radius 1 is 0.600 bits per heavy atom. The summed E-state index contributed by atoms with van der Waals surface area (Å²) in [5.74, 6) is -1.98. The summed E-state index contributed by atoms with van der Waals surface area (Å²) in [5.41, 5.74) is 0.107. The van der Waals surface area contributed by atoms with Crippen molar-refractivity contribution in [2.75, 3.05) is 9.80 Å². The van der Waals surface area contributed by atoms with E-state index < -0.39 is 35.0 Å². The Kier molecular flexibility index (Phi) is 8.82. The number of anilines is 2. The van der Waals surface area contributed by atoms with E-state index in [1.54, 1.807) is 48.5 Å². The first-order valence-corrected chi connectivity index (χ1v) is 13.9. The molecule has 0 aliphatic carbocycles. The fraction of sp³-hybridized carbons (Fsp3) is 0.500. The van der Waals surface area contributed by atoms with E-state index in [1.807, 2.05) is 69.2 Å². The van der Waals surface area contributed by atoms with Crippen molar-refractivity contribution >= 4 is 35.0 Å². The summed E-state index contributed by atoms with van der Waals surface area (Å²) in [6, 6.07) is 11.9. The van der Waals surface area contributed by atoms with Crippen LogP contribution >= 0.6 is 0 Å². The number of fused-ring (bicyclic) bond motifs is 2. The monoisotopic (exact) mass is 548 g/mol. The summed E-state index contributed by atoms with van der Waals surface area (Å²) in [6.07, 6.45) is 0. The van der Waals surface area contributed by atoms with Gasteiger partial charge in [-0.05, 0) is 77.6 Å². The highest BCUT2D eigenvalue weighted by atomic mass is 16.2. The lowest BCUT2D eigenvalue weighted by Crippen LogP contribution is -2.59. The zero-order valence-electron chi connectivity index (χ0n) is 25.5. The van der Waals surface area contributed by atoms with Crippen molar-refractivity contribution in [3.05, 3.63) is 59.7 Å². The molecule has 0 aromatic heterocycles. The van der Waals surface area contributed by atoms with E-state index in [-0.39, 0.29) is 34.8 Å². The van der Waals surface area contributed by atoms with Crippen molar-refractivity contribution in [3.8, 4) is 0 Å². The van der Waals surface area contributed by atoms with Gasteiger partial charge in [0.25, 0.3) is 11.8 Å². The highest BCUT2D eigenvalue weighted by Crippen LogP contribution is 2.37. The number of nitrogens with one attached hydrogen (secondary N) is 2. The van der Waals surface area contributed by atoms with E-state index in [1.165, 1.54) is 9.80 Å². The molecule has 3 rings (SSSR count). The molecule has 1 aliphatic heterocycles. The molecule has 2 aromatic rings. The molecule has 216 valence electrons. The number of carbonyl (C=O) groups is 4. The van der Waals surface area contributed by atoms with Crippen LogP contribution in [0.3, 0.4) is 0 Å². The van der Waals surface area contributed by atoms with Gasteiger partial charge in [0.1, 0.15) is 12.1 Å². The van der Waals surface area contributed by atoms with Gasteiger partial charge >= 0.3 is 0 Å². The maximum atomic E-state index is 14.5. The molecule has 2 unspecified atom stereocenters. The zero-order chi connectivity index (χ0) is 30.2. The van der Waals surface area contributed by atoms with Crippen molar-refractivity contribution in [1.82, 2.24) is 10.6 Å². The van der Waals surface area contributed by atoms with Crippen LogP contribution in [0.4, 0.5) is 11.4 Å². The molecule has 2 N–H and O–H groups in total. The van der Waals surface area contributed by atoms with E-state index in [9.17, 15) is 19.2 Å². The summed E-state index contributed by atoms with van der Waals surface area (Å²) in [7, 11) is 0. The smallest absolute Gasteiger partial charge is 0.261 e. The zero-order valence-corrected chi connectivity index (χ0v) is 25.5. The molecular formula is C32H44N4O4. The van der Waals surface area contributed by atoms with Crippen molar-refractivity contribution in [2.24, 2.45) is 11.8 Å². The lowest BCUT2D eigenvalue weighted by Gasteiger charge is -2.41. The minimum atomic E-state index is -0.884. The number of nitrogens with zero attached hydrogens (tertiary/aromatic N) is 2. The van der Waals surface area contributed by atoms with Crippen LogP contribution in [0.15, 0.2) is 48.5 Å². The Bertz CT molecular complexity index is 1190. The largest absolute Gasteiger partial charge is 0.350 e. The Labute approximate surface area is 238 Å². The van der Waals surface area contributed by atoms with Crippen LogP contribution < -0.4 is 20.4 Å². The molecule has 40 heavy (non-hydrogen) atoms. The van der Waals surface area contributed by atoms with Crippen molar-refractivity contribution in [3.63, 3.8) is 0 Å². The van der Waals surface area contributed by atoms with E-state index in [4.69, 9.17) is 0 Å². The molecule has 8 heteroatoms. The van der Waals surface area contributed by atoms with Crippen LogP contribution in [0, 0.1) is 11.8 Å². The van der Waals surface area contributed by atoms with Gasteiger partial charge in [0.2, 0.25) is 11.8 Å². The number of para-hydroxylation sites is 2. The Balaban J connectivity index is 2.32. The SMILES string of the molecule is CC(C)C(C(=O)NC(C)(C)C)N1C(=O)c2ccccc2N(C(C(=O)NC(C)(C)C)C(C)C)C(=O)c2ccccc21. The summed E-state index contributed by atoms with van der Waals surface area (Å²) in [5, 5.41) is 6.04. The number of benzene rings is 2. The minimum absolute atomic E-state index is 0.244. The van der Waals surface area contributed by atoms with Gasteiger partial charge in [-0.2, -0.15) is 0 Å². The molecular weight excluding hydrogens is 504 g/mol. The van der Waals surface area contributed by atoms with Gasteiger partial charge in [-0.1, -0.05) is 52.0 Å². The fourth-order valence-corrected chi connectivity index (χ4v) is 5.08. The first-order chi connectivity index (χ1) is 18.4. The molecule has 2 aromatic carbocycles. The van der Waals surface area contributed by atoms with Gasteiger partial charge in [-0.25, -0.2) is 0 Å². The molecule has 0 spiro atoms. The molecule has 0 saturated heterocycles. The van der Waals surface area contributed by atoms with Crippen molar-refractivity contribution in [2.45, 2.75) is 92.4 Å². The number of rotatable bonds is 6. The van der Waals surface area contributed by atoms with Gasteiger partial charge < -0.3 is 10.6 Å². The van der Waals surface area contributed by atoms with Crippen LogP contribution in [-0.2, 0) is 9.59 Å². The molecule has 0 bridgehead atoms. The van der Waals surface area contributed by atoms with E-state index >= 15 is 0 Å². The number of hydrogen-bond acceptors (Lipinski definition) is 4. The van der Waals surface area contributed by atoms with Gasteiger partial charge in [-0.3, -0.25) is 29.0 Å². The number of carbonyl (C=O) groups excluding carboxylic acids is 4. The standard InChI is InChI=1S/C32H44N4O4/c1-19(2)25(27(37)33-31(5,6)7)35-23-17-13-11-15-21(23)30(40)36(24-18-14-12-16-22(24)29(35)39)26(20(3)4)28(38)34-32(8,9)10/h11-20,25-26H,1-10H3,(H,33,37)(H,34,38). The number of amides is 4. The second-order valence-corrected chi connectivity index (χ2v) is 13.2. The van der Waals surface area contributed by atoms with Crippen LogP contribution in [-0.4, -0.2) is 46.8 Å². The van der Waals surface area contributed by atoms with E-state index in [0.29, 0.717) is 11.4 Å². The molecule has 2 atom stereocenters. The van der Waals surface area contributed by atoms with Gasteiger partial charge in [-0.15, -0.1) is 0 Å². The van der Waals surface area contributed by atoms with E-state index in [2.05, 4.69) is 10.6 Å². The summed E-state index contributed by atoms with van der Waals surface area (Å²) < 4.78 is 0. The number of hydrogen-bond donors (Lipinski definition) is 2. The molecule has 0 saturated carbocycles. The van der Waals surface area contributed by atoms with Crippen molar-refractivity contribution < 1.29 is 19.2 Å². The minimum Gasteiger partial charge on any atom is -0.350 e. The fourth-order valence-electron chi connectivity index (χ4n) is 5.08. The van der Waals surface area contributed by atoms with Crippen LogP contribution in [0.2, 0.25) is 0 Å². The highest BCUT2D eigenvalue weighted by molar-refractivity contribution is 6.23. The second-order valence-electron chi connectivity index (χ2n) is 13.2. The quantitative estimate of drug-likeness (QED) is 0.520. The summed E-state index contributed by atoms with van der Waals surface area (Å²) in [4.78, 5) is 59.3. The Morgan fingerprint density at radius 2 is 0.900 bits per heavy atom. The molecule has 0 radical (unpaired) electrons. The van der Waals surface area contributed by atoms with Gasteiger partial charge in [0, 0.05) is 11.1 Å². The third-order valence-corrected chi connectivity index (χ3v) is 6.58. The molecule has 4 amide bonds. The molecule has 1 aliphatic rings. The molecule has 8 nitrogen and oxygen atoms in total. The topological polar surface area (TPSA) is 98.8 Å². The van der Waals surface area contributed by atoms with Crippen LogP contribution in [0.1, 0.15) is 90.0 Å². The first kappa shape index (κ1) is 30.9. The van der Waals surface area contributed by atoms with Gasteiger partial charge in [0.05, 0.1) is 22.5 Å². The van der Waals surface area contributed by atoms with E-state index in [0.717, 1.165) is 0 Å². The Morgan fingerprint density at radius 3 is 1.18 bits per heavy atom. The predicted molar refractivity (Wildman–Crippen MR) is 160 cm³/mol. The molecule has 0 fully saturated rings. The first-order valence-electron chi connectivity index (χ1n) is 13.9. The second kappa shape index (κ2) is 11.4. The third-order valence-electron chi connectivity index (χ3n) is 6.58. The average molecular weight is 549 g/mol. The Hall–Kier alpha value is -3.68.